The number of carboxylic acid groups (broad SMARTS) is 1. The Morgan fingerprint density at radius 3 is 2.57 bits per heavy atom. The molecule has 2 aliphatic carbocycles. The van der Waals surface area contributed by atoms with E-state index in [0.717, 1.165) is 18.4 Å². The van der Waals surface area contributed by atoms with Crippen molar-refractivity contribution in [2.24, 2.45) is 22.5 Å². The quantitative estimate of drug-likeness (QED) is 0.670. The predicted molar refractivity (Wildman–Crippen MR) is 53.5 cm³/mol. The van der Waals surface area contributed by atoms with Crippen LogP contribution in [0.15, 0.2) is 11.3 Å². The first-order valence-corrected chi connectivity index (χ1v) is 5.06. The zero-order chi connectivity index (χ0) is 10.7. The molecule has 0 aromatic carbocycles. The first kappa shape index (κ1) is 9.56. The molecule has 1 saturated carbocycles. The van der Waals surface area contributed by atoms with Crippen molar-refractivity contribution in [1.29, 1.82) is 0 Å². The topological polar surface area (TPSA) is 63.3 Å². The molecular formula is C11H17NO2. The van der Waals surface area contributed by atoms with E-state index in [9.17, 15) is 9.90 Å². The van der Waals surface area contributed by atoms with Crippen LogP contribution in [0.3, 0.4) is 0 Å². The molecule has 14 heavy (non-hydrogen) atoms. The third kappa shape index (κ3) is 0.725. The molecule has 0 aromatic heterocycles. The van der Waals surface area contributed by atoms with Gasteiger partial charge in [-0.2, -0.15) is 0 Å². The maximum absolute atomic E-state index is 11.4. The average molecular weight is 195 g/mol. The van der Waals surface area contributed by atoms with Gasteiger partial charge in [0.1, 0.15) is 5.41 Å². The van der Waals surface area contributed by atoms with Gasteiger partial charge in [-0.1, -0.05) is 19.4 Å². The molecule has 3 heteroatoms. The lowest BCUT2D eigenvalue weighted by Gasteiger charge is -2.22. The van der Waals surface area contributed by atoms with E-state index < -0.39 is 11.4 Å². The number of rotatable bonds is 1. The van der Waals surface area contributed by atoms with Crippen molar-refractivity contribution >= 4 is 5.97 Å². The van der Waals surface area contributed by atoms with E-state index in [4.69, 9.17) is 5.73 Å². The van der Waals surface area contributed by atoms with E-state index in [1.165, 1.54) is 0 Å². The number of nitrogens with two attached hydrogens (primary N) is 1. The fourth-order valence-corrected chi connectivity index (χ4v) is 3.35. The molecule has 0 aromatic rings. The van der Waals surface area contributed by atoms with Gasteiger partial charge in [-0.3, -0.25) is 4.79 Å². The highest BCUT2D eigenvalue weighted by Gasteiger charge is 2.77. The summed E-state index contributed by atoms with van der Waals surface area (Å²) in [5.74, 6) is -0.514. The predicted octanol–water partition coefficient (Wildman–Crippen LogP) is 1.74. The first-order valence-electron chi connectivity index (χ1n) is 5.06. The van der Waals surface area contributed by atoms with Gasteiger partial charge < -0.3 is 10.8 Å². The molecule has 0 amide bonds. The molecule has 1 fully saturated rings. The van der Waals surface area contributed by atoms with Crippen LogP contribution in [0.25, 0.3) is 0 Å². The van der Waals surface area contributed by atoms with E-state index in [-0.39, 0.29) is 11.3 Å². The zero-order valence-corrected chi connectivity index (χ0v) is 8.92. The van der Waals surface area contributed by atoms with Crippen LogP contribution >= 0.6 is 0 Å². The van der Waals surface area contributed by atoms with Crippen LogP contribution in [0.5, 0.6) is 0 Å². The standard InChI is InChI=1S/C11H17NO2/c1-6-4-5-7-10(2,3)11(7,8(6)12)9(13)14/h7H,4-5,12H2,1-3H3,(H,13,14). The van der Waals surface area contributed by atoms with Crippen molar-refractivity contribution in [2.75, 3.05) is 0 Å². The number of allylic oxidation sites excluding steroid dienone is 1. The lowest BCUT2D eigenvalue weighted by molar-refractivity contribution is -0.143. The number of carboxylic acids is 1. The van der Waals surface area contributed by atoms with Gasteiger partial charge in [-0.05, 0) is 31.1 Å². The second kappa shape index (κ2) is 2.33. The molecule has 2 atom stereocenters. The SMILES string of the molecule is CC1=C(N)C2(C(=O)O)C(CC1)C2(C)C. The summed E-state index contributed by atoms with van der Waals surface area (Å²) < 4.78 is 0. The van der Waals surface area contributed by atoms with Gasteiger partial charge in [0.15, 0.2) is 0 Å². The van der Waals surface area contributed by atoms with E-state index in [1.807, 2.05) is 20.8 Å². The molecule has 0 spiro atoms. The number of hydrogen-bond acceptors (Lipinski definition) is 2. The first-order chi connectivity index (χ1) is 6.36. The van der Waals surface area contributed by atoms with Crippen molar-refractivity contribution in [3.05, 3.63) is 11.3 Å². The minimum atomic E-state index is -0.755. The smallest absolute Gasteiger partial charge is 0.316 e. The van der Waals surface area contributed by atoms with Gasteiger partial charge in [0, 0.05) is 5.70 Å². The fourth-order valence-electron chi connectivity index (χ4n) is 3.35. The van der Waals surface area contributed by atoms with Crippen LogP contribution < -0.4 is 5.73 Å². The van der Waals surface area contributed by atoms with Crippen LogP contribution in [-0.4, -0.2) is 11.1 Å². The zero-order valence-electron chi connectivity index (χ0n) is 8.92. The molecule has 0 aliphatic heterocycles. The largest absolute Gasteiger partial charge is 0.481 e. The van der Waals surface area contributed by atoms with Crippen molar-refractivity contribution < 1.29 is 9.90 Å². The van der Waals surface area contributed by atoms with Crippen molar-refractivity contribution in [1.82, 2.24) is 0 Å². The van der Waals surface area contributed by atoms with Crippen LogP contribution in [0.2, 0.25) is 0 Å². The molecule has 0 heterocycles. The summed E-state index contributed by atoms with van der Waals surface area (Å²) in [6.07, 6.45) is 1.92. The van der Waals surface area contributed by atoms with Crippen LogP contribution in [0.4, 0.5) is 0 Å². The third-order valence-corrected chi connectivity index (χ3v) is 4.36. The molecule has 2 unspecified atom stereocenters. The molecular weight excluding hydrogens is 178 g/mol. The van der Waals surface area contributed by atoms with Gasteiger partial charge in [-0.15, -0.1) is 0 Å². The van der Waals surface area contributed by atoms with Gasteiger partial charge in [0.25, 0.3) is 0 Å². The van der Waals surface area contributed by atoms with Gasteiger partial charge in [-0.25, -0.2) is 0 Å². The van der Waals surface area contributed by atoms with Gasteiger partial charge >= 0.3 is 5.97 Å². The summed E-state index contributed by atoms with van der Waals surface area (Å²) in [5, 5.41) is 9.35. The molecule has 0 saturated heterocycles. The Labute approximate surface area is 84.0 Å². The highest BCUT2D eigenvalue weighted by molar-refractivity contribution is 5.85. The Hall–Kier alpha value is -0.990. The Kier molecular flexibility index (Phi) is 1.59. The fraction of sp³-hybridized carbons (Fsp3) is 0.727. The highest BCUT2D eigenvalue weighted by Crippen LogP contribution is 2.75. The Morgan fingerprint density at radius 2 is 2.14 bits per heavy atom. The van der Waals surface area contributed by atoms with Gasteiger partial charge in [0.2, 0.25) is 0 Å². The lowest BCUT2D eigenvalue weighted by Crippen LogP contribution is -2.31. The Morgan fingerprint density at radius 1 is 1.57 bits per heavy atom. The summed E-state index contributed by atoms with van der Waals surface area (Å²) in [4.78, 5) is 11.4. The number of hydrogen-bond donors (Lipinski definition) is 2. The summed E-state index contributed by atoms with van der Waals surface area (Å²) >= 11 is 0. The maximum Gasteiger partial charge on any atom is 0.316 e. The average Bonchev–Trinajstić information content (AvgIpc) is 2.58. The van der Waals surface area contributed by atoms with Crippen molar-refractivity contribution in [3.8, 4) is 0 Å². The number of aliphatic carboxylic acids is 1. The van der Waals surface area contributed by atoms with Crippen LogP contribution in [-0.2, 0) is 4.79 Å². The molecule has 3 nitrogen and oxygen atoms in total. The molecule has 78 valence electrons. The molecule has 2 aliphatic rings. The van der Waals surface area contributed by atoms with Crippen molar-refractivity contribution in [3.63, 3.8) is 0 Å². The minimum absolute atomic E-state index is 0.166. The maximum atomic E-state index is 11.4. The Bertz CT molecular complexity index is 343. The highest BCUT2D eigenvalue weighted by atomic mass is 16.4. The molecule has 0 radical (unpaired) electrons. The molecule has 0 bridgehead atoms. The second-order valence-electron chi connectivity index (χ2n) is 5.12. The van der Waals surface area contributed by atoms with Crippen LogP contribution in [0.1, 0.15) is 33.6 Å². The number of carbonyl (C=O) groups is 1. The van der Waals surface area contributed by atoms with E-state index in [1.54, 1.807) is 0 Å². The van der Waals surface area contributed by atoms with E-state index in [0.29, 0.717) is 5.70 Å². The summed E-state index contributed by atoms with van der Waals surface area (Å²) in [6.45, 7) is 5.97. The van der Waals surface area contributed by atoms with E-state index >= 15 is 0 Å². The Balaban J connectivity index is 2.55. The van der Waals surface area contributed by atoms with Crippen molar-refractivity contribution in [2.45, 2.75) is 33.6 Å². The number of fused-ring (bicyclic) bond motifs is 1. The van der Waals surface area contributed by atoms with E-state index in [2.05, 4.69) is 0 Å². The summed E-state index contributed by atoms with van der Waals surface area (Å²) in [5.41, 5.74) is 6.73. The monoisotopic (exact) mass is 195 g/mol. The summed E-state index contributed by atoms with van der Waals surface area (Å²) in [7, 11) is 0. The lowest BCUT2D eigenvalue weighted by atomic mass is 9.85. The summed E-state index contributed by atoms with van der Waals surface area (Å²) in [6, 6.07) is 0. The normalized spacial score (nSPS) is 39.2. The second-order valence-corrected chi connectivity index (χ2v) is 5.12. The molecule has 3 N–H and O–H groups in total. The minimum Gasteiger partial charge on any atom is -0.481 e. The molecule has 2 rings (SSSR count). The third-order valence-electron chi connectivity index (χ3n) is 4.36. The van der Waals surface area contributed by atoms with Gasteiger partial charge in [0.05, 0.1) is 0 Å². The van der Waals surface area contributed by atoms with Crippen LogP contribution in [0, 0.1) is 16.7 Å².